The van der Waals surface area contributed by atoms with Gasteiger partial charge in [0.2, 0.25) is 0 Å². The molecule has 132 valence electrons. The lowest BCUT2D eigenvalue weighted by Gasteiger charge is -2.29. The van der Waals surface area contributed by atoms with Gasteiger partial charge in [-0.1, -0.05) is 12.1 Å². The van der Waals surface area contributed by atoms with Gasteiger partial charge >= 0.3 is 0 Å². The Morgan fingerprint density at radius 1 is 1.04 bits per heavy atom. The van der Waals surface area contributed by atoms with E-state index in [0.29, 0.717) is 0 Å². The quantitative estimate of drug-likeness (QED) is 0.783. The minimum absolute atomic E-state index is 0.0423. The first kappa shape index (κ1) is 17.5. The Morgan fingerprint density at radius 2 is 1.76 bits per heavy atom. The van der Waals surface area contributed by atoms with Gasteiger partial charge in [-0.3, -0.25) is 4.79 Å². The largest absolute Gasteiger partial charge is 0.333 e. The summed E-state index contributed by atoms with van der Waals surface area (Å²) in [6.07, 6.45) is 3.24. The second-order valence-corrected chi connectivity index (χ2v) is 6.59. The van der Waals surface area contributed by atoms with Crippen molar-refractivity contribution >= 4 is 5.91 Å². The van der Waals surface area contributed by atoms with Crippen LogP contribution in [0.4, 0.5) is 13.2 Å². The fourth-order valence-electron chi connectivity index (χ4n) is 3.48. The molecule has 5 heteroatoms. The minimum atomic E-state index is -1.01. The molecule has 25 heavy (non-hydrogen) atoms. The Hall–Kier alpha value is -2.30. The van der Waals surface area contributed by atoms with Crippen LogP contribution in [0.15, 0.2) is 42.5 Å². The summed E-state index contributed by atoms with van der Waals surface area (Å²) in [6, 6.07) is 9.71. The van der Waals surface area contributed by atoms with E-state index in [1.54, 1.807) is 17.0 Å². The number of carbonyl (C=O) groups excluding carboxylic acids is 1. The zero-order chi connectivity index (χ0) is 18.0. The van der Waals surface area contributed by atoms with Crippen molar-refractivity contribution in [2.45, 2.75) is 44.7 Å². The molecule has 0 bridgehead atoms. The van der Waals surface area contributed by atoms with Gasteiger partial charge in [0.15, 0.2) is 11.6 Å². The highest BCUT2D eigenvalue weighted by molar-refractivity contribution is 5.94. The molecular weight excluding hydrogens is 327 g/mol. The molecule has 0 radical (unpaired) electrons. The molecule has 1 saturated heterocycles. The molecule has 0 unspecified atom stereocenters. The second-order valence-electron chi connectivity index (χ2n) is 6.59. The Labute approximate surface area is 145 Å². The van der Waals surface area contributed by atoms with E-state index in [0.717, 1.165) is 43.4 Å². The summed E-state index contributed by atoms with van der Waals surface area (Å²) in [5.74, 6) is -2.51. The van der Waals surface area contributed by atoms with Crippen molar-refractivity contribution < 1.29 is 18.0 Å². The SMILES string of the molecule is C[C@@H]1CC[C@H](CCc2ccc(F)cc2)N1C(=O)c1ccc(F)c(F)c1. The van der Waals surface area contributed by atoms with Gasteiger partial charge in [-0.25, -0.2) is 13.2 Å². The molecule has 3 rings (SSSR count). The summed E-state index contributed by atoms with van der Waals surface area (Å²) < 4.78 is 39.5. The first-order valence-electron chi connectivity index (χ1n) is 8.48. The lowest BCUT2D eigenvalue weighted by molar-refractivity contribution is 0.0672. The van der Waals surface area contributed by atoms with Crippen LogP contribution in [-0.2, 0) is 6.42 Å². The van der Waals surface area contributed by atoms with Crippen LogP contribution >= 0.6 is 0 Å². The van der Waals surface area contributed by atoms with E-state index in [-0.39, 0.29) is 29.4 Å². The van der Waals surface area contributed by atoms with Gasteiger partial charge in [0, 0.05) is 17.6 Å². The van der Waals surface area contributed by atoms with Gasteiger partial charge < -0.3 is 4.90 Å². The van der Waals surface area contributed by atoms with Crippen LogP contribution in [-0.4, -0.2) is 22.9 Å². The predicted molar refractivity (Wildman–Crippen MR) is 89.7 cm³/mol. The molecule has 1 aliphatic heterocycles. The molecule has 1 amide bonds. The highest BCUT2D eigenvalue weighted by Crippen LogP contribution is 2.29. The van der Waals surface area contributed by atoms with Gasteiger partial charge in [0.25, 0.3) is 5.91 Å². The average Bonchev–Trinajstić information content (AvgIpc) is 2.97. The van der Waals surface area contributed by atoms with E-state index in [1.165, 1.54) is 18.2 Å². The first-order valence-corrected chi connectivity index (χ1v) is 8.48. The maximum absolute atomic E-state index is 13.4. The molecule has 0 N–H and O–H groups in total. The number of benzene rings is 2. The van der Waals surface area contributed by atoms with Crippen LogP contribution in [0.3, 0.4) is 0 Å². The molecule has 1 aliphatic rings. The molecule has 1 heterocycles. The number of rotatable bonds is 4. The summed E-state index contributed by atoms with van der Waals surface area (Å²) in [4.78, 5) is 14.5. The molecule has 2 atom stereocenters. The van der Waals surface area contributed by atoms with Crippen molar-refractivity contribution in [3.63, 3.8) is 0 Å². The highest BCUT2D eigenvalue weighted by atomic mass is 19.2. The highest BCUT2D eigenvalue weighted by Gasteiger charge is 2.34. The zero-order valence-electron chi connectivity index (χ0n) is 14.0. The third-order valence-electron chi connectivity index (χ3n) is 4.87. The van der Waals surface area contributed by atoms with Gasteiger partial charge in [-0.15, -0.1) is 0 Å². The van der Waals surface area contributed by atoms with Crippen LogP contribution in [0.25, 0.3) is 0 Å². The van der Waals surface area contributed by atoms with Crippen molar-refractivity contribution in [1.82, 2.24) is 4.90 Å². The van der Waals surface area contributed by atoms with Gasteiger partial charge in [0.05, 0.1) is 0 Å². The summed E-state index contributed by atoms with van der Waals surface area (Å²) in [6.45, 7) is 1.97. The zero-order valence-corrected chi connectivity index (χ0v) is 14.0. The van der Waals surface area contributed by atoms with Crippen LogP contribution in [0, 0.1) is 17.5 Å². The number of hydrogen-bond donors (Lipinski definition) is 0. The molecular formula is C20H20F3NO. The summed E-state index contributed by atoms with van der Waals surface area (Å²) >= 11 is 0. The number of amides is 1. The smallest absolute Gasteiger partial charge is 0.254 e. The maximum atomic E-state index is 13.4. The van der Waals surface area contributed by atoms with Crippen LogP contribution in [0.1, 0.15) is 42.1 Å². The third kappa shape index (κ3) is 3.86. The fourth-order valence-corrected chi connectivity index (χ4v) is 3.48. The normalized spacial score (nSPS) is 20.1. The number of halogens is 3. The summed E-state index contributed by atoms with van der Waals surface area (Å²) in [5.41, 5.74) is 1.18. The average molecular weight is 347 g/mol. The standard InChI is InChI=1S/C20H20F3NO/c1-13-2-9-17(10-5-14-3-7-16(21)8-4-14)24(13)20(25)15-6-11-18(22)19(23)12-15/h3-4,6-8,11-13,17H,2,5,9-10H2,1H3/t13-,17-/m1/s1. The second kappa shape index (κ2) is 7.30. The van der Waals surface area contributed by atoms with Crippen LogP contribution in [0.2, 0.25) is 0 Å². The molecule has 1 fully saturated rings. The van der Waals surface area contributed by atoms with Crippen molar-refractivity contribution in [1.29, 1.82) is 0 Å². The van der Waals surface area contributed by atoms with Gasteiger partial charge in [0.1, 0.15) is 5.82 Å². The molecule has 2 nitrogen and oxygen atoms in total. The van der Waals surface area contributed by atoms with Crippen molar-refractivity contribution in [2.24, 2.45) is 0 Å². The molecule has 0 aliphatic carbocycles. The van der Waals surface area contributed by atoms with Crippen LogP contribution in [0.5, 0.6) is 0 Å². The Kier molecular flexibility index (Phi) is 5.11. The molecule has 0 aromatic heterocycles. The van der Waals surface area contributed by atoms with Crippen molar-refractivity contribution in [3.05, 3.63) is 71.0 Å². The predicted octanol–water partition coefficient (Wildman–Crippen LogP) is 4.73. The Bertz CT molecular complexity index is 760. The maximum Gasteiger partial charge on any atom is 0.254 e. The van der Waals surface area contributed by atoms with E-state index in [9.17, 15) is 18.0 Å². The number of aryl methyl sites for hydroxylation is 1. The lowest BCUT2D eigenvalue weighted by Crippen LogP contribution is -2.40. The van der Waals surface area contributed by atoms with Crippen molar-refractivity contribution in [3.8, 4) is 0 Å². The van der Waals surface area contributed by atoms with Crippen LogP contribution < -0.4 is 0 Å². The Balaban J connectivity index is 1.72. The number of hydrogen-bond acceptors (Lipinski definition) is 1. The number of likely N-dealkylation sites (tertiary alicyclic amines) is 1. The Morgan fingerprint density at radius 3 is 2.44 bits per heavy atom. The lowest BCUT2D eigenvalue weighted by atomic mass is 10.0. The number of nitrogens with zero attached hydrogens (tertiary/aromatic N) is 1. The molecule has 2 aromatic rings. The third-order valence-corrected chi connectivity index (χ3v) is 4.87. The monoisotopic (exact) mass is 347 g/mol. The number of carbonyl (C=O) groups is 1. The van der Waals surface area contributed by atoms with E-state index in [4.69, 9.17) is 0 Å². The van der Waals surface area contributed by atoms with E-state index in [1.807, 2.05) is 6.92 Å². The van der Waals surface area contributed by atoms with E-state index >= 15 is 0 Å². The minimum Gasteiger partial charge on any atom is -0.333 e. The summed E-state index contributed by atoms with van der Waals surface area (Å²) in [7, 11) is 0. The van der Waals surface area contributed by atoms with Crippen molar-refractivity contribution in [2.75, 3.05) is 0 Å². The molecule has 0 saturated carbocycles. The molecule has 2 aromatic carbocycles. The van der Waals surface area contributed by atoms with Gasteiger partial charge in [-0.2, -0.15) is 0 Å². The van der Waals surface area contributed by atoms with E-state index in [2.05, 4.69) is 0 Å². The summed E-state index contributed by atoms with van der Waals surface area (Å²) in [5, 5.41) is 0. The fraction of sp³-hybridized carbons (Fsp3) is 0.350. The molecule has 0 spiro atoms. The first-order chi connectivity index (χ1) is 12.0. The van der Waals surface area contributed by atoms with E-state index < -0.39 is 11.6 Å². The topological polar surface area (TPSA) is 20.3 Å². The van der Waals surface area contributed by atoms with Gasteiger partial charge in [-0.05, 0) is 68.5 Å².